The Balaban J connectivity index is 1.65. The minimum absolute atomic E-state index is 0.0109. The Hall–Kier alpha value is -3.24. The molecule has 3 rings (SSSR count). The summed E-state index contributed by atoms with van der Waals surface area (Å²) in [7, 11) is -2.27. The van der Waals surface area contributed by atoms with Crippen LogP contribution < -0.4 is 20.1 Å². The van der Waals surface area contributed by atoms with Crippen LogP contribution in [-0.4, -0.2) is 20.6 Å². The van der Waals surface area contributed by atoms with Gasteiger partial charge in [0.25, 0.3) is 10.0 Å². The molecule has 30 heavy (non-hydrogen) atoms. The smallest absolute Gasteiger partial charge is 0.261 e. The van der Waals surface area contributed by atoms with Crippen LogP contribution in [0.3, 0.4) is 0 Å². The number of hydrogen-bond donors (Lipinski definition) is 3. The normalized spacial score (nSPS) is 10.9. The molecule has 3 aromatic carbocycles. The van der Waals surface area contributed by atoms with E-state index < -0.39 is 21.7 Å². The molecule has 0 bridgehead atoms. The standard InChI is InChI=1S/C20H17F2N3O3S2/c1-28-16-7-3-15(4-8-16)25-30(26,27)17-9-5-14(6-10-17)23-20(29)24-19-11-2-13(21)12-18(19)22/h2-12,25H,1H3,(H2,23,24,29). The second-order valence-corrected chi connectivity index (χ2v) is 8.15. The number of nitrogens with one attached hydrogen (secondary N) is 3. The van der Waals surface area contributed by atoms with Crippen molar-refractivity contribution in [1.82, 2.24) is 0 Å². The molecule has 0 fully saturated rings. The molecule has 0 aliphatic rings. The van der Waals surface area contributed by atoms with E-state index in [-0.39, 0.29) is 15.7 Å². The van der Waals surface area contributed by atoms with Gasteiger partial charge in [0, 0.05) is 17.4 Å². The molecule has 0 aliphatic heterocycles. The molecule has 0 atom stereocenters. The van der Waals surface area contributed by atoms with Gasteiger partial charge in [-0.1, -0.05) is 0 Å². The maximum Gasteiger partial charge on any atom is 0.261 e. The second kappa shape index (κ2) is 9.06. The molecule has 156 valence electrons. The molecule has 0 aliphatic carbocycles. The summed E-state index contributed by atoms with van der Waals surface area (Å²) in [5.41, 5.74) is 0.889. The average molecular weight is 450 g/mol. The molecule has 0 saturated heterocycles. The molecule has 3 aromatic rings. The molecule has 0 unspecified atom stereocenters. The number of sulfonamides is 1. The van der Waals surface area contributed by atoms with Crippen molar-refractivity contribution in [2.45, 2.75) is 4.90 Å². The fourth-order valence-electron chi connectivity index (χ4n) is 2.47. The van der Waals surface area contributed by atoms with Gasteiger partial charge in [-0.05, 0) is 72.9 Å². The Morgan fingerprint density at radius 1 is 0.900 bits per heavy atom. The summed E-state index contributed by atoms with van der Waals surface area (Å²) in [6.45, 7) is 0. The first-order valence-electron chi connectivity index (χ1n) is 8.57. The van der Waals surface area contributed by atoms with E-state index in [4.69, 9.17) is 17.0 Å². The molecule has 6 nitrogen and oxygen atoms in total. The van der Waals surface area contributed by atoms with Crippen LogP contribution in [0.2, 0.25) is 0 Å². The number of hydrogen-bond acceptors (Lipinski definition) is 4. The summed E-state index contributed by atoms with van der Waals surface area (Å²) in [4.78, 5) is 0.0484. The molecule has 0 saturated carbocycles. The summed E-state index contributed by atoms with van der Waals surface area (Å²) in [5.74, 6) is -0.874. The number of thiocarbonyl (C=S) groups is 1. The third-order valence-corrected chi connectivity index (χ3v) is 5.55. The minimum Gasteiger partial charge on any atom is -0.497 e. The Kier molecular flexibility index (Phi) is 6.48. The molecule has 0 radical (unpaired) electrons. The summed E-state index contributed by atoms with van der Waals surface area (Å²) in [6.07, 6.45) is 0. The van der Waals surface area contributed by atoms with Crippen molar-refractivity contribution in [3.05, 3.63) is 78.4 Å². The van der Waals surface area contributed by atoms with Crippen molar-refractivity contribution in [2.75, 3.05) is 22.5 Å². The maximum absolute atomic E-state index is 13.7. The summed E-state index contributed by atoms with van der Waals surface area (Å²) >= 11 is 5.10. The average Bonchev–Trinajstić information content (AvgIpc) is 2.71. The topological polar surface area (TPSA) is 79.5 Å². The van der Waals surface area contributed by atoms with Crippen LogP contribution >= 0.6 is 12.2 Å². The van der Waals surface area contributed by atoms with Gasteiger partial charge in [-0.2, -0.15) is 0 Å². The first kappa shape index (κ1) is 21.5. The Morgan fingerprint density at radius 2 is 1.53 bits per heavy atom. The van der Waals surface area contributed by atoms with E-state index in [9.17, 15) is 17.2 Å². The zero-order chi connectivity index (χ0) is 21.7. The van der Waals surface area contributed by atoms with Gasteiger partial charge in [-0.15, -0.1) is 0 Å². The predicted octanol–water partition coefficient (Wildman–Crippen LogP) is 4.58. The molecule has 0 spiro atoms. The van der Waals surface area contributed by atoms with Gasteiger partial charge in [-0.25, -0.2) is 17.2 Å². The molecule has 10 heteroatoms. The van der Waals surface area contributed by atoms with Gasteiger partial charge in [0.15, 0.2) is 5.11 Å². The highest BCUT2D eigenvalue weighted by atomic mass is 32.2. The molecule has 3 N–H and O–H groups in total. The lowest BCUT2D eigenvalue weighted by atomic mass is 10.3. The Labute approximate surface area is 177 Å². The highest BCUT2D eigenvalue weighted by Gasteiger charge is 2.14. The summed E-state index contributed by atoms with van der Waals surface area (Å²) in [6, 6.07) is 15.3. The SMILES string of the molecule is COc1ccc(NS(=O)(=O)c2ccc(NC(=S)Nc3ccc(F)cc3F)cc2)cc1. The number of anilines is 3. The molecule has 0 aromatic heterocycles. The van der Waals surface area contributed by atoms with E-state index in [0.717, 1.165) is 12.1 Å². The first-order valence-corrected chi connectivity index (χ1v) is 10.5. The lowest BCUT2D eigenvalue weighted by Gasteiger charge is -2.12. The maximum atomic E-state index is 13.7. The largest absolute Gasteiger partial charge is 0.497 e. The monoisotopic (exact) mass is 449 g/mol. The van der Waals surface area contributed by atoms with E-state index >= 15 is 0 Å². The number of benzene rings is 3. The zero-order valence-electron chi connectivity index (χ0n) is 15.6. The first-order chi connectivity index (χ1) is 14.3. The van der Waals surface area contributed by atoms with Crippen molar-refractivity contribution < 1.29 is 21.9 Å². The van der Waals surface area contributed by atoms with Gasteiger partial charge in [0.1, 0.15) is 17.4 Å². The molecular formula is C20H17F2N3O3S2. The van der Waals surface area contributed by atoms with Gasteiger partial charge in [-0.3, -0.25) is 4.72 Å². The van der Waals surface area contributed by atoms with Crippen molar-refractivity contribution >= 4 is 44.4 Å². The van der Waals surface area contributed by atoms with E-state index in [1.165, 1.54) is 37.4 Å². The van der Waals surface area contributed by atoms with Crippen LogP contribution in [0.25, 0.3) is 0 Å². The number of methoxy groups -OCH3 is 1. The van der Waals surface area contributed by atoms with Gasteiger partial charge < -0.3 is 15.4 Å². The molecule has 0 amide bonds. The summed E-state index contributed by atoms with van der Waals surface area (Å²) in [5, 5.41) is 5.48. The minimum atomic E-state index is -3.79. The van der Waals surface area contributed by atoms with Crippen LogP contribution in [0.15, 0.2) is 71.6 Å². The van der Waals surface area contributed by atoms with Crippen molar-refractivity contribution in [3.8, 4) is 5.75 Å². The van der Waals surface area contributed by atoms with Crippen molar-refractivity contribution in [2.24, 2.45) is 0 Å². The zero-order valence-corrected chi connectivity index (χ0v) is 17.3. The molecular weight excluding hydrogens is 432 g/mol. The lowest BCUT2D eigenvalue weighted by Crippen LogP contribution is -2.20. The van der Waals surface area contributed by atoms with Crippen LogP contribution in [-0.2, 0) is 10.0 Å². The third-order valence-electron chi connectivity index (χ3n) is 3.94. The quantitative estimate of drug-likeness (QED) is 0.478. The lowest BCUT2D eigenvalue weighted by molar-refractivity contribution is 0.415. The van der Waals surface area contributed by atoms with Crippen LogP contribution in [0.1, 0.15) is 0 Å². The van der Waals surface area contributed by atoms with E-state index in [1.54, 1.807) is 24.3 Å². The number of ether oxygens (including phenoxy) is 1. The third kappa shape index (κ3) is 5.43. The van der Waals surface area contributed by atoms with Crippen LogP contribution in [0.4, 0.5) is 25.8 Å². The van der Waals surface area contributed by atoms with E-state index in [1.807, 2.05) is 0 Å². The summed E-state index contributed by atoms with van der Waals surface area (Å²) < 4.78 is 59.2. The predicted molar refractivity (Wildman–Crippen MR) is 116 cm³/mol. The number of halogens is 2. The van der Waals surface area contributed by atoms with Crippen LogP contribution in [0.5, 0.6) is 5.75 Å². The second-order valence-electron chi connectivity index (χ2n) is 6.06. The van der Waals surface area contributed by atoms with Crippen molar-refractivity contribution in [3.63, 3.8) is 0 Å². The number of rotatable bonds is 6. The van der Waals surface area contributed by atoms with Gasteiger partial charge >= 0.3 is 0 Å². The Bertz CT molecular complexity index is 1150. The Morgan fingerprint density at radius 3 is 2.13 bits per heavy atom. The van der Waals surface area contributed by atoms with Gasteiger partial charge in [0.2, 0.25) is 0 Å². The van der Waals surface area contributed by atoms with Crippen LogP contribution in [0, 0.1) is 11.6 Å². The molecule has 0 heterocycles. The fraction of sp³-hybridized carbons (Fsp3) is 0.0500. The fourth-order valence-corrected chi connectivity index (χ4v) is 3.75. The van der Waals surface area contributed by atoms with Crippen molar-refractivity contribution in [1.29, 1.82) is 0 Å². The highest BCUT2D eigenvalue weighted by molar-refractivity contribution is 7.92. The van der Waals surface area contributed by atoms with Gasteiger partial charge in [0.05, 0.1) is 17.7 Å². The van der Waals surface area contributed by atoms with E-state index in [2.05, 4.69) is 15.4 Å². The van der Waals surface area contributed by atoms with E-state index in [0.29, 0.717) is 17.1 Å². The highest BCUT2D eigenvalue weighted by Crippen LogP contribution is 2.21.